The van der Waals surface area contributed by atoms with Crippen molar-refractivity contribution in [1.82, 2.24) is 0 Å². The van der Waals surface area contributed by atoms with Gasteiger partial charge in [0.15, 0.2) is 0 Å². The van der Waals surface area contributed by atoms with Crippen molar-refractivity contribution in [1.29, 1.82) is 0 Å². The molecular formula is C14H20BrNO. The zero-order chi connectivity index (χ0) is 13.2. The molecule has 0 heterocycles. The van der Waals surface area contributed by atoms with Gasteiger partial charge in [-0.05, 0) is 37.8 Å². The van der Waals surface area contributed by atoms with Crippen molar-refractivity contribution in [2.45, 2.75) is 44.9 Å². The lowest BCUT2D eigenvalue weighted by Crippen LogP contribution is -2.31. The van der Waals surface area contributed by atoms with Gasteiger partial charge in [-0.15, -0.1) is 0 Å². The first-order valence-electron chi connectivity index (χ1n) is 5.83. The lowest BCUT2D eigenvalue weighted by molar-refractivity contribution is -0.117. The summed E-state index contributed by atoms with van der Waals surface area (Å²) in [5.41, 5.74) is 3.22. The average molecular weight is 298 g/mol. The average Bonchev–Trinajstić information content (AvgIpc) is 2.18. The molecule has 0 atom stereocenters. The van der Waals surface area contributed by atoms with Gasteiger partial charge in [0.2, 0.25) is 5.91 Å². The Balaban J connectivity index is 3.10. The lowest BCUT2D eigenvalue weighted by Gasteiger charge is -2.20. The Kier molecular flexibility index (Phi) is 4.36. The minimum absolute atomic E-state index is 0.0197. The van der Waals surface area contributed by atoms with Crippen LogP contribution in [0.2, 0.25) is 0 Å². The maximum absolute atomic E-state index is 12.0. The van der Waals surface area contributed by atoms with Gasteiger partial charge in [-0.25, -0.2) is 0 Å². The molecule has 1 aromatic carbocycles. The van der Waals surface area contributed by atoms with Crippen molar-refractivity contribution < 1.29 is 4.79 Å². The Labute approximate surface area is 112 Å². The van der Waals surface area contributed by atoms with Crippen LogP contribution in [0.5, 0.6) is 0 Å². The Hall–Kier alpha value is -0.830. The third-order valence-electron chi connectivity index (χ3n) is 2.71. The Morgan fingerprint density at radius 1 is 1.35 bits per heavy atom. The van der Waals surface area contributed by atoms with Crippen LogP contribution in [0.1, 0.15) is 44.7 Å². The minimum atomic E-state index is -0.552. The fourth-order valence-corrected chi connectivity index (χ4v) is 1.70. The Bertz CT molecular complexity index is 419. The molecule has 0 fully saturated rings. The van der Waals surface area contributed by atoms with E-state index in [0.29, 0.717) is 5.92 Å². The molecule has 17 heavy (non-hydrogen) atoms. The van der Waals surface area contributed by atoms with Crippen molar-refractivity contribution in [3.8, 4) is 0 Å². The molecule has 0 aromatic heterocycles. The van der Waals surface area contributed by atoms with E-state index in [9.17, 15) is 4.79 Å². The molecule has 0 bridgehead atoms. The molecule has 0 unspecified atom stereocenters. The van der Waals surface area contributed by atoms with Gasteiger partial charge in [-0.1, -0.05) is 48.0 Å². The highest BCUT2D eigenvalue weighted by Gasteiger charge is 2.25. The molecule has 1 amide bonds. The number of hydrogen-bond acceptors (Lipinski definition) is 1. The number of aryl methyl sites for hydroxylation is 1. The van der Waals surface area contributed by atoms with Crippen LogP contribution in [0, 0.1) is 6.92 Å². The van der Waals surface area contributed by atoms with E-state index in [-0.39, 0.29) is 5.91 Å². The maximum Gasteiger partial charge on any atom is 0.240 e. The lowest BCUT2D eigenvalue weighted by atomic mass is 9.98. The van der Waals surface area contributed by atoms with E-state index in [4.69, 9.17) is 0 Å². The number of carbonyl (C=O) groups excluding carboxylic acids is 1. The molecule has 0 aliphatic heterocycles. The smallest absolute Gasteiger partial charge is 0.240 e. The highest BCUT2D eigenvalue weighted by molar-refractivity contribution is 9.10. The molecule has 1 aromatic rings. The molecule has 0 aliphatic carbocycles. The fourth-order valence-electron chi connectivity index (χ4n) is 1.60. The molecule has 94 valence electrons. The summed E-state index contributed by atoms with van der Waals surface area (Å²) in [6.45, 7) is 9.96. The molecule has 0 saturated heterocycles. The number of benzene rings is 1. The topological polar surface area (TPSA) is 29.1 Å². The number of anilines is 1. The zero-order valence-corrected chi connectivity index (χ0v) is 12.7. The van der Waals surface area contributed by atoms with Crippen LogP contribution >= 0.6 is 15.9 Å². The second-order valence-corrected chi connectivity index (χ2v) is 7.10. The minimum Gasteiger partial charge on any atom is -0.324 e. The Morgan fingerprint density at radius 3 is 2.41 bits per heavy atom. The van der Waals surface area contributed by atoms with Crippen LogP contribution in [0.3, 0.4) is 0 Å². The van der Waals surface area contributed by atoms with Crippen molar-refractivity contribution >= 4 is 27.5 Å². The van der Waals surface area contributed by atoms with Crippen LogP contribution in [0.25, 0.3) is 0 Å². The molecule has 1 rings (SSSR count). The van der Waals surface area contributed by atoms with E-state index in [1.807, 2.05) is 32.9 Å². The van der Waals surface area contributed by atoms with E-state index in [0.717, 1.165) is 11.3 Å². The molecule has 3 heteroatoms. The first-order chi connectivity index (χ1) is 7.73. The van der Waals surface area contributed by atoms with Gasteiger partial charge in [0.05, 0.1) is 4.32 Å². The van der Waals surface area contributed by atoms with Gasteiger partial charge in [0, 0.05) is 5.69 Å². The predicted molar refractivity (Wildman–Crippen MR) is 76.9 cm³/mol. The SMILES string of the molecule is Cc1cccc(C(C)C)c1NC(=O)C(C)(C)Br. The monoisotopic (exact) mass is 297 g/mol. The summed E-state index contributed by atoms with van der Waals surface area (Å²) in [6, 6.07) is 6.11. The largest absolute Gasteiger partial charge is 0.324 e. The van der Waals surface area contributed by atoms with Crippen molar-refractivity contribution in [3.63, 3.8) is 0 Å². The molecule has 0 aliphatic rings. The van der Waals surface area contributed by atoms with Crippen molar-refractivity contribution in [2.75, 3.05) is 5.32 Å². The summed E-state index contributed by atoms with van der Waals surface area (Å²) >= 11 is 3.38. The first kappa shape index (κ1) is 14.2. The van der Waals surface area contributed by atoms with Gasteiger partial charge in [-0.2, -0.15) is 0 Å². The van der Waals surface area contributed by atoms with Gasteiger partial charge in [-0.3, -0.25) is 4.79 Å². The van der Waals surface area contributed by atoms with E-state index >= 15 is 0 Å². The summed E-state index contributed by atoms with van der Waals surface area (Å²) in [7, 11) is 0. The van der Waals surface area contributed by atoms with Crippen molar-refractivity contribution in [2.24, 2.45) is 0 Å². The standard InChI is InChI=1S/C14H20BrNO/c1-9(2)11-8-6-7-10(3)12(11)16-13(17)14(4,5)15/h6-9H,1-5H3,(H,16,17). The van der Waals surface area contributed by atoms with Crippen LogP contribution in [-0.2, 0) is 4.79 Å². The molecule has 0 spiro atoms. The van der Waals surface area contributed by atoms with Gasteiger partial charge < -0.3 is 5.32 Å². The quantitative estimate of drug-likeness (QED) is 0.831. The number of nitrogens with one attached hydrogen (secondary N) is 1. The molecule has 2 nitrogen and oxygen atoms in total. The predicted octanol–water partition coefficient (Wildman–Crippen LogP) is 4.23. The van der Waals surface area contributed by atoms with Crippen LogP contribution in [-0.4, -0.2) is 10.2 Å². The first-order valence-corrected chi connectivity index (χ1v) is 6.62. The van der Waals surface area contributed by atoms with Crippen LogP contribution in [0.4, 0.5) is 5.69 Å². The summed E-state index contributed by atoms with van der Waals surface area (Å²) in [5, 5.41) is 3.01. The highest BCUT2D eigenvalue weighted by atomic mass is 79.9. The van der Waals surface area contributed by atoms with Crippen LogP contribution < -0.4 is 5.32 Å². The number of halogens is 1. The summed E-state index contributed by atoms with van der Waals surface area (Å²) in [6.07, 6.45) is 0. The molecule has 1 N–H and O–H groups in total. The summed E-state index contributed by atoms with van der Waals surface area (Å²) in [4.78, 5) is 12.0. The Morgan fingerprint density at radius 2 is 1.94 bits per heavy atom. The van der Waals surface area contributed by atoms with E-state index in [1.54, 1.807) is 0 Å². The molecular weight excluding hydrogens is 278 g/mol. The number of amides is 1. The summed E-state index contributed by atoms with van der Waals surface area (Å²) in [5.74, 6) is 0.373. The number of hydrogen-bond donors (Lipinski definition) is 1. The third kappa shape index (κ3) is 3.56. The zero-order valence-electron chi connectivity index (χ0n) is 11.1. The van der Waals surface area contributed by atoms with Gasteiger partial charge >= 0.3 is 0 Å². The van der Waals surface area contributed by atoms with Crippen LogP contribution in [0.15, 0.2) is 18.2 Å². The number of alkyl halides is 1. The number of carbonyl (C=O) groups is 1. The molecule has 0 saturated carbocycles. The van der Waals surface area contributed by atoms with Gasteiger partial charge in [0.25, 0.3) is 0 Å². The van der Waals surface area contributed by atoms with Gasteiger partial charge in [0.1, 0.15) is 0 Å². The maximum atomic E-state index is 12.0. The second-order valence-electron chi connectivity index (χ2n) is 5.12. The summed E-state index contributed by atoms with van der Waals surface area (Å²) < 4.78 is -0.552. The normalized spacial score (nSPS) is 11.7. The van der Waals surface area contributed by atoms with Crippen molar-refractivity contribution in [3.05, 3.63) is 29.3 Å². The fraction of sp³-hybridized carbons (Fsp3) is 0.500. The second kappa shape index (κ2) is 5.21. The van der Waals surface area contributed by atoms with E-state index < -0.39 is 4.32 Å². The van der Waals surface area contributed by atoms with E-state index in [2.05, 4.69) is 41.2 Å². The number of rotatable bonds is 3. The third-order valence-corrected chi connectivity index (χ3v) is 3.07. The van der Waals surface area contributed by atoms with E-state index in [1.165, 1.54) is 5.56 Å². The molecule has 0 radical (unpaired) electrons. The highest BCUT2D eigenvalue weighted by Crippen LogP contribution is 2.29. The number of para-hydroxylation sites is 1.